The number of carbonyl (C=O) groups excluding carboxylic acids is 2. The smallest absolute Gasteiger partial charge is 0.243 e. The third-order valence-electron chi connectivity index (χ3n) is 6.03. The van der Waals surface area contributed by atoms with Crippen molar-refractivity contribution in [1.82, 2.24) is 10.2 Å². The summed E-state index contributed by atoms with van der Waals surface area (Å²) in [6.07, 6.45) is 1.45. The summed E-state index contributed by atoms with van der Waals surface area (Å²) in [5.74, 6) is 0.269. The van der Waals surface area contributed by atoms with E-state index in [0.717, 1.165) is 22.4 Å². The maximum absolute atomic E-state index is 13.7. The fraction of sp³-hybridized carbons (Fsp3) is 0.310. The van der Waals surface area contributed by atoms with Crippen LogP contribution in [0.1, 0.15) is 37.8 Å². The SMILES string of the molecule is CC[C@@H](C)NC(=O)[C@H](Cc1ccccc1)N(Cc1ccc(Cl)cc1Cl)C(=O)CCSc1ccc(Cl)cc1. The molecule has 0 aliphatic carbocycles. The van der Waals surface area contributed by atoms with Crippen molar-refractivity contribution in [2.75, 3.05) is 5.75 Å². The lowest BCUT2D eigenvalue weighted by molar-refractivity contribution is -0.141. The summed E-state index contributed by atoms with van der Waals surface area (Å²) in [6.45, 7) is 4.18. The Morgan fingerprint density at radius 2 is 1.62 bits per heavy atom. The number of nitrogens with zero attached hydrogens (tertiary/aromatic N) is 1. The van der Waals surface area contributed by atoms with E-state index in [9.17, 15) is 9.59 Å². The largest absolute Gasteiger partial charge is 0.352 e. The molecule has 196 valence electrons. The van der Waals surface area contributed by atoms with E-state index < -0.39 is 6.04 Å². The van der Waals surface area contributed by atoms with Gasteiger partial charge < -0.3 is 10.2 Å². The van der Waals surface area contributed by atoms with E-state index in [-0.39, 0.29) is 30.8 Å². The van der Waals surface area contributed by atoms with Gasteiger partial charge in [0.05, 0.1) is 0 Å². The van der Waals surface area contributed by atoms with Crippen molar-refractivity contribution in [3.05, 3.63) is 99.0 Å². The summed E-state index contributed by atoms with van der Waals surface area (Å²) >= 11 is 20.2. The molecule has 0 bridgehead atoms. The minimum Gasteiger partial charge on any atom is -0.352 e. The number of rotatable bonds is 12. The predicted molar refractivity (Wildman–Crippen MR) is 156 cm³/mol. The molecule has 2 atom stereocenters. The van der Waals surface area contributed by atoms with E-state index in [1.807, 2.05) is 68.4 Å². The molecule has 3 aromatic rings. The summed E-state index contributed by atoms with van der Waals surface area (Å²) in [5, 5.41) is 4.72. The van der Waals surface area contributed by atoms with Crippen molar-refractivity contribution < 1.29 is 9.59 Å². The fourth-order valence-electron chi connectivity index (χ4n) is 3.76. The lowest BCUT2D eigenvalue weighted by atomic mass is 10.0. The molecule has 0 aliphatic heterocycles. The van der Waals surface area contributed by atoms with Gasteiger partial charge >= 0.3 is 0 Å². The molecule has 4 nitrogen and oxygen atoms in total. The topological polar surface area (TPSA) is 49.4 Å². The Labute approximate surface area is 238 Å². The van der Waals surface area contributed by atoms with Crippen molar-refractivity contribution in [2.45, 2.75) is 56.6 Å². The summed E-state index contributed by atoms with van der Waals surface area (Å²) in [6, 6.07) is 21.8. The van der Waals surface area contributed by atoms with Crippen LogP contribution in [0.5, 0.6) is 0 Å². The number of benzene rings is 3. The van der Waals surface area contributed by atoms with Gasteiger partial charge in [0.25, 0.3) is 0 Å². The number of halogens is 3. The second kappa shape index (κ2) is 14.7. The Hall–Kier alpha value is -2.18. The van der Waals surface area contributed by atoms with Gasteiger partial charge in [-0.2, -0.15) is 0 Å². The summed E-state index contributed by atoms with van der Waals surface area (Å²) in [5.41, 5.74) is 1.71. The van der Waals surface area contributed by atoms with Crippen LogP contribution < -0.4 is 5.32 Å². The zero-order valence-electron chi connectivity index (χ0n) is 20.9. The Morgan fingerprint density at radius 1 is 0.946 bits per heavy atom. The molecule has 0 radical (unpaired) electrons. The zero-order valence-corrected chi connectivity index (χ0v) is 24.0. The van der Waals surface area contributed by atoms with Gasteiger partial charge in [-0.1, -0.05) is 78.1 Å². The standard InChI is InChI=1S/C29H31Cl3N2O2S/c1-3-20(2)33-29(36)27(17-21-7-5-4-6-8-21)34(19-22-9-10-24(31)18-26(22)32)28(35)15-16-37-25-13-11-23(30)12-14-25/h4-14,18,20,27H,3,15-17,19H2,1-2H3,(H,33,36)/t20-,27+/m1/s1. The Kier molecular flexibility index (Phi) is 11.7. The van der Waals surface area contributed by atoms with E-state index in [0.29, 0.717) is 27.2 Å². The molecule has 1 N–H and O–H groups in total. The van der Waals surface area contributed by atoms with Crippen molar-refractivity contribution in [2.24, 2.45) is 0 Å². The van der Waals surface area contributed by atoms with Crippen molar-refractivity contribution in [3.8, 4) is 0 Å². The summed E-state index contributed by atoms with van der Waals surface area (Å²) < 4.78 is 0. The minimum absolute atomic E-state index is 0.0118. The van der Waals surface area contributed by atoms with Crippen LogP contribution >= 0.6 is 46.6 Å². The van der Waals surface area contributed by atoms with E-state index >= 15 is 0 Å². The molecule has 0 saturated heterocycles. The van der Waals surface area contributed by atoms with E-state index in [1.54, 1.807) is 34.9 Å². The number of hydrogen-bond acceptors (Lipinski definition) is 3. The maximum atomic E-state index is 13.7. The fourth-order valence-corrected chi connectivity index (χ4v) is 5.19. The first-order valence-electron chi connectivity index (χ1n) is 12.2. The van der Waals surface area contributed by atoms with Crippen LogP contribution in [0.25, 0.3) is 0 Å². The number of carbonyl (C=O) groups is 2. The highest BCUT2D eigenvalue weighted by atomic mass is 35.5. The molecular formula is C29H31Cl3N2O2S. The second-order valence-electron chi connectivity index (χ2n) is 8.83. The van der Waals surface area contributed by atoms with Crippen molar-refractivity contribution in [3.63, 3.8) is 0 Å². The minimum atomic E-state index is -0.698. The predicted octanol–water partition coefficient (Wildman–Crippen LogP) is 7.68. The number of amides is 2. The Balaban J connectivity index is 1.88. The quantitative estimate of drug-likeness (QED) is 0.225. The van der Waals surface area contributed by atoms with Crippen LogP contribution in [0.3, 0.4) is 0 Å². The van der Waals surface area contributed by atoms with Gasteiger partial charge in [-0.05, 0) is 60.9 Å². The third-order valence-corrected chi connectivity index (χ3v) is 7.88. The molecule has 37 heavy (non-hydrogen) atoms. The van der Waals surface area contributed by atoms with E-state index in [4.69, 9.17) is 34.8 Å². The first kappa shape index (κ1) is 29.4. The van der Waals surface area contributed by atoms with Crippen molar-refractivity contribution in [1.29, 1.82) is 0 Å². The normalized spacial score (nSPS) is 12.6. The molecule has 0 fully saturated rings. The molecule has 0 spiro atoms. The molecule has 2 amide bonds. The molecule has 0 heterocycles. The first-order valence-corrected chi connectivity index (χ1v) is 14.3. The summed E-state index contributed by atoms with van der Waals surface area (Å²) in [4.78, 5) is 29.9. The first-order chi connectivity index (χ1) is 17.8. The average Bonchev–Trinajstić information content (AvgIpc) is 2.88. The van der Waals surface area contributed by atoms with Crippen LogP contribution in [0.2, 0.25) is 15.1 Å². The highest BCUT2D eigenvalue weighted by Crippen LogP contribution is 2.26. The molecule has 0 unspecified atom stereocenters. The van der Waals surface area contributed by atoms with Gasteiger partial charge in [-0.3, -0.25) is 9.59 Å². The molecule has 3 rings (SSSR count). The zero-order chi connectivity index (χ0) is 26.8. The second-order valence-corrected chi connectivity index (χ2v) is 11.3. The van der Waals surface area contributed by atoms with E-state index in [1.165, 1.54) is 0 Å². The highest BCUT2D eigenvalue weighted by molar-refractivity contribution is 7.99. The van der Waals surface area contributed by atoms with Crippen LogP contribution in [-0.4, -0.2) is 34.6 Å². The van der Waals surface area contributed by atoms with Gasteiger partial charge in [0.2, 0.25) is 11.8 Å². The van der Waals surface area contributed by atoms with Gasteiger partial charge in [-0.25, -0.2) is 0 Å². The molecule has 0 aliphatic rings. The van der Waals surface area contributed by atoms with Gasteiger partial charge in [0.1, 0.15) is 6.04 Å². The number of hydrogen-bond donors (Lipinski definition) is 1. The molecule has 3 aromatic carbocycles. The third kappa shape index (κ3) is 9.26. The highest BCUT2D eigenvalue weighted by Gasteiger charge is 2.31. The number of thioether (sulfide) groups is 1. The average molecular weight is 578 g/mol. The van der Waals surface area contributed by atoms with E-state index in [2.05, 4.69) is 5.32 Å². The molecule has 8 heteroatoms. The van der Waals surface area contributed by atoms with Crippen LogP contribution in [-0.2, 0) is 22.6 Å². The maximum Gasteiger partial charge on any atom is 0.243 e. The molecular weight excluding hydrogens is 547 g/mol. The van der Waals surface area contributed by atoms with Crippen LogP contribution in [0, 0.1) is 0 Å². The van der Waals surface area contributed by atoms with Crippen molar-refractivity contribution >= 4 is 58.4 Å². The van der Waals surface area contributed by atoms with Gasteiger partial charge in [0, 0.05) is 51.1 Å². The lowest BCUT2D eigenvalue weighted by Crippen LogP contribution is -2.52. The van der Waals surface area contributed by atoms with Gasteiger partial charge in [-0.15, -0.1) is 11.8 Å². The molecule has 0 aromatic heterocycles. The Bertz CT molecular complexity index is 1180. The van der Waals surface area contributed by atoms with Crippen LogP contribution in [0.15, 0.2) is 77.7 Å². The summed E-state index contributed by atoms with van der Waals surface area (Å²) in [7, 11) is 0. The molecule has 0 saturated carbocycles. The lowest BCUT2D eigenvalue weighted by Gasteiger charge is -2.32. The van der Waals surface area contributed by atoms with Crippen LogP contribution in [0.4, 0.5) is 0 Å². The van der Waals surface area contributed by atoms with Gasteiger partial charge in [0.15, 0.2) is 0 Å². The monoisotopic (exact) mass is 576 g/mol. The number of nitrogens with one attached hydrogen (secondary N) is 1. The Morgan fingerprint density at radius 3 is 2.27 bits per heavy atom.